The van der Waals surface area contributed by atoms with E-state index in [9.17, 15) is 4.79 Å². The van der Waals surface area contributed by atoms with Gasteiger partial charge in [-0.15, -0.1) is 0 Å². The molecule has 0 radical (unpaired) electrons. The molecule has 1 amide bonds. The zero-order chi connectivity index (χ0) is 14.7. The van der Waals surface area contributed by atoms with Gasteiger partial charge in [0.1, 0.15) is 5.02 Å². The highest BCUT2D eigenvalue weighted by molar-refractivity contribution is 6.33. The van der Waals surface area contributed by atoms with Crippen molar-refractivity contribution < 1.29 is 4.79 Å². The van der Waals surface area contributed by atoms with Crippen molar-refractivity contribution in [1.82, 2.24) is 9.97 Å². The van der Waals surface area contributed by atoms with Crippen LogP contribution in [0.25, 0.3) is 0 Å². The van der Waals surface area contributed by atoms with Crippen molar-refractivity contribution in [2.24, 2.45) is 0 Å². The van der Waals surface area contributed by atoms with E-state index >= 15 is 0 Å². The van der Waals surface area contributed by atoms with Gasteiger partial charge in [0.05, 0.1) is 17.6 Å². The molecule has 0 atom stereocenters. The topological polar surface area (TPSA) is 58.1 Å². The molecule has 20 heavy (non-hydrogen) atoms. The zero-order valence-corrected chi connectivity index (χ0v) is 12.4. The molecule has 1 aromatic carbocycles. The maximum absolute atomic E-state index is 11.5. The van der Waals surface area contributed by atoms with E-state index in [0.29, 0.717) is 22.2 Å². The Morgan fingerprint density at radius 1 is 1.30 bits per heavy atom. The van der Waals surface area contributed by atoms with Crippen LogP contribution in [-0.4, -0.2) is 22.9 Å². The number of halogens is 2. The number of carbonyl (C=O) groups is 1. The number of aromatic nitrogens is 2. The highest BCUT2D eigenvalue weighted by atomic mass is 35.5. The molecule has 2 rings (SSSR count). The lowest BCUT2D eigenvalue weighted by Crippen LogP contribution is -2.23. The minimum absolute atomic E-state index is 0.0777. The first-order valence-corrected chi connectivity index (χ1v) is 6.53. The van der Waals surface area contributed by atoms with Crippen LogP contribution in [0.2, 0.25) is 10.3 Å². The summed E-state index contributed by atoms with van der Waals surface area (Å²) in [5.74, 6) is 0.308. The van der Waals surface area contributed by atoms with Crippen LogP contribution in [-0.2, 0) is 4.79 Å². The molecular formula is C13H12Cl2N4O. The van der Waals surface area contributed by atoms with Crippen LogP contribution in [0.3, 0.4) is 0 Å². The summed E-state index contributed by atoms with van der Waals surface area (Å²) in [6, 6.07) is 7.33. The van der Waals surface area contributed by atoms with Gasteiger partial charge in [-0.25, -0.2) is 4.98 Å². The maximum Gasteiger partial charge on any atom is 0.224 e. The van der Waals surface area contributed by atoms with Crippen molar-refractivity contribution >= 4 is 46.3 Å². The lowest BCUT2D eigenvalue weighted by molar-refractivity contribution is -0.116. The third-order valence-corrected chi connectivity index (χ3v) is 3.16. The summed E-state index contributed by atoms with van der Waals surface area (Å²) < 4.78 is 0. The number of nitrogens with zero attached hydrogens (tertiary/aromatic N) is 3. The Labute approximate surface area is 126 Å². The van der Waals surface area contributed by atoms with E-state index in [1.165, 1.54) is 18.0 Å². The first-order chi connectivity index (χ1) is 9.49. The first-order valence-electron chi connectivity index (χ1n) is 5.77. The minimum Gasteiger partial charge on any atom is -0.337 e. The number of hydrogen-bond donors (Lipinski definition) is 1. The van der Waals surface area contributed by atoms with Gasteiger partial charge in [-0.3, -0.25) is 4.79 Å². The van der Waals surface area contributed by atoms with E-state index in [4.69, 9.17) is 23.2 Å². The molecule has 0 unspecified atom stereocenters. The maximum atomic E-state index is 11.5. The summed E-state index contributed by atoms with van der Waals surface area (Å²) in [6.07, 6.45) is 1.41. The number of para-hydroxylation sites is 2. The van der Waals surface area contributed by atoms with Crippen LogP contribution in [0.15, 0.2) is 30.5 Å². The second-order valence-corrected chi connectivity index (χ2v) is 4.80. The highest BCUT2D eigenvalue weighted by Gasteiger charge is 2.12. The lowest BCUT2D eigenvalue weighted by Gasteiger charge is -2.19. The molecule has 1 N–H and O–H groups in total. The number of carbonyl (C=O) groups excluding carboxylic acids is 1. The molecular weight excluding hydrogens is 299 g/mol. The molecule has 104 valence electrons. The molecule has 0 saturated heterocycles. The summed E-state index contributed by atoms with van der Waals surface area (Å²) >= 11 is 11.8. The Morgan fingerprint density at radius 3 is 2.70 bits per heavy atom. The van der Waals surface area contributed by atoms with Gasteiger partial charge in [0.15, 0.2) is 5.82 Å². The highest BCUT2D eigenvalue weighted by Crippen LogP contribution is 2.30. The van der Waals surface area contributed by atoms with Crippen LogP contribution in [0.4, 0.5) is 17.2 Å². The minimum atomic E-state index is -0.0777. The van der Waals surface area contributed by atoms with Crippen molar-refractivity contribution in [3.8, 4) is 0 Å². The van der Waals surface area contributed by atoms with E-state index in [2.05, 4.69) is 15.3 Å². The molecule has 7 heteroatoms. The average molecular weight is 311 g/mol. The molecule has 1 aromatic heterocycles. The molecule has 5 nitrogen and oxygen atoms in total. The van der Waals surface area contributed by atoms with E-state index in [-0.39, 0.29) is 11.2 Å². The Kier molecular flexibility index (Phi) is 4.42. The number of nitrogens with one attached hydrogen (secondary N) is 1. The van der Waals surface area contributed by atoms with Crippen molar-refractivity contribution in [3.05, 3.63) is 40.8 Å². The third kappa shape index (κ3) is 3.18. The van der Waals surface area contributed by atoms with Crippen molar-refractivity contribution in [2.75, 3.05) is 17.3 Å². The van der Waals surface area contributed by atoms with Crippen molar-refractivity contribution in [3.63, 3.8) is 0 Å². The average Bonchev–Trinajstić information content (AvgIpc) is 2.42. The Morgan fingerprint density at radius 2 is 2.00 bits per heavy atom. The van der Waals surface area contributed by atoms with Crippen LogP contribution in [0.1, 0.15) is 6.92 Å². The van der Waals surface area contributed by atoms with Gasteiger partial charge in [0, 0.05) is 14.0 Å². The molecule has 1 heterocycles. The zero-order valence-electron chi connectivity index (χ0n) is 10.9. The van der Waals surface area contributed by atoms with Gasteiger partial charge < -0.3 is 10.2 Å². The largest absolute Gasteiger partial charge is 0.337 e. The standard InChI is InChI=1S/C13H12Cl2N4O/c1-8(20)19(2)11-6-4-3-5-10(11)17-12-9(14)7-16-13(15)18-12/h3-7H,1-2H3,(H,16,17,18). The van der Waals surface area contributed by atoms with Crippen LogP contribution >= 0.6 is 23.2 Å². The number of amides is 1. The van der Waals surface area contributed by atoms with E-state index < -0.39 is 0 Å². The lowest BCUT2D eigenvalue weighted by atomic mass is 10.2. The van der Waals surface area contributed by atoms with Crippen LogP contribution < -0.4 is 10.2 Å². The summed E-state index contributed by atoms with van der Waals surface area (Å²) in [5, 5.41) is 3.49. The summed E-state index contributed by atoms with van der Waals surface area (Å²) in [4.78, 5) is 20.8. The van der Waals surface area contributed by atoms with Crippen molar-refractivity contribution in [2.45, 2.75) is 6.92 Å². The molecule has 0 saturated carbocycles. The number of benzene rings is 1. The van der Waals surface area contributed by atoms with Gasteiger partial charge >= 0.3 is 0 Å². The van der Waals surface area contributed by atoms with Gasteiger partial charge in [0.2, 0.25) is 11.2 Å². The molecule has 2 aromatic rings. The normalized spacial score (nSPS) is 10.2. The fourth-order valence-corrected chi connectivity index (χ4v) is 1.87. The molecule has 0 aliphatic rings. The Hall–Kier alpha value is -1.85. The number of hydrogen-bond acceptors (Lipinski definition) is 4. The quantitative estimate of drug-likeness (QED) is 0.881. The predicted molar refractivity (Wildman–Crippen MR) is 80.9 cm³/mol. The summed E-state index contributed by atoms with van der Waals surface area (Å²) in [5.41, 5.74) is 1.41. The Balaban J connectivity index is 2.39. The Bertz CT molecular complexity index is 648. The van der Waals surface area contributed by atoms with E-state index in [1.54, 1.807) is 7.05 Å². The molecule has 0 spiro atoms. The van der Waals surface area contributed by atoms with E-state index in [0.717, 1.165) is 0 Å². The predicted octanol–water partition coefficient (Wildman–Crippen LogP) is 3.51. The van der Waals surface area contributed by atoms with E-state index in [1.807, 2.05) is 24.3 Å². The molecule has 0 aliphatic heterocycles. The fraction of sp³-hybridized carbons (Fsp3) is 0.154. The first kappa shape index (κ1) is 14.6. The van der Waals surface area contributed by atoms with Crippen molar-refractivity contribution in [1.29, 1.82) is 0 Å². The second-order valence-electron chi connectivity index (χ2n) is 4.06. The third-order valence-electron chi connectivity index (χ3n) is 2.71. The summed E-state index contributed by atoms with van der Waals surface area (Å²) in [6.45, 7) is 1.49. The smallest absolute Gasteiger partial charge is 0.224 e. The van der Waals surface area contributed by atoms with Crippen LogP contribution in [0.5, 0.6) is 0 Å². The summed E-state index contributed by atoms with van der Waals surface area (Å²) in [7, 11) is 1.69. The molecule has 0 fully saturated rings. The fourth-order valence-electron chi connectivity index (χ4n) is 1.60. The SMILES string of the molecule is CC(=O)N(C)c1ccccc1Nc1nc(Cl)ncc1Cl. The van der Waals surface area contributed by atoms with Gasteiger partial charge in [-0.2, -0.15) is 4.98 Å². The monoisotopic (exact) mass is 310 g/mol. The number of rotatable bonds is 3. The van der Waals surface area contributed by atoms with Gasteiger partial charge in [0.25, 0.3) is 0 Å². The van der Waals surface area contributed by atoms with Gasteiger partial charge in [-0.1, -0.05) is 23.7 Å². The second kappa shape index (κ2) is 6.07. The number of anilines is 3. The van der Waals surface area contributed by atoms with Crippen LogP contribution in [0, 0.1) is 0 Å². The molecule has 0 aliphatic carbocycles. The van der Waals surface area contributed by atoms with Gasteiger partial charge in [-0.05, 0) is 23.7 Å². The molecule has 0 bridgehead atoms.